The standard InChI is InChI=1S/C24H25FN4O2/c25-19-8-5-6-17(14-19)15-22(30)26-10-11-27-24(31)20-16-18-7-1-2-9-21(18)28-23(20)29-12-3-4-13-29/h1-2,5-9,14,16H,3-4,10-13,15H2,(H,26,30)(H,27,31). The topological polar surface area (TPSA) is 74.3 Å². The zero-order valence-corrected chi connectivity index (χ0v) is 17.2. The van der Waals surface area contributed by atoms with Crippen LogP contribution in [0.15, 0.2) is 54.6 Å². The summed E-state index contributed by atoms with van der Waals surface area (Å²) in [4.78, 5) is 31.9. The first-order chi connectivity index (χ1) is 15.1. The SMILES string of the molecule is O=C(Cc1cccc(F)c1)NCCNC(=O)c1cc2ccccc2nc1N1CCCC1. The minimum atomic E-state index is -0.365. The van der Waals surface area contributed by atoms with Gasteiger partial charge in [-0.15, -0.1) is 0 Å². The Bertz CT molecular complexity index is 1100. The number of fused-ring (bicyclic) bond motifs is 1. The van der Waals surface area contributed by atoms with E-state index in [4.69, 9.17) is 4.98 Å². The number of hydrogen-bond acceptors (Lipinski definition) is 4. The van der Waals surface area contributed by atoms with Gasteiger partial charge in [-0.25, -0.2) is 9.37 Å². The van der Waals surface area contributed by atoms with Gasteiger partial charge in [0.1, 0.15) is 11.6 Å². The first-order valence-corrected chi connectivity index (χ1v) is 10.5. The summed E-state index contributed by atoms with van der Waals surface area (Å²) in [6.45, 7) is 2.36. The lowest BCUT2D eigenvalue weighted by Crippen LogP contribution is -2.36. The lowest BCUT2D eigenvalue weighted by Gasteiger charge is -2.20. The van der Waals surface area contributed by atoms with Crippen molar-refractivity contribution in [1.82, 2.24) is 15.6 Å². The van der Waals surface area contributed by atoms with Gasteiger partial charge in [0.25, 0.3) is 5.91 Å². The Labute approximate surface area is 180 Å². The number of carbonyl (C=O) groups excluding carboxylic acids is 2. The van der Waals surface area contributed by atoms with E-state index in [1.54, 1.807) is 12.1 Å². The molecule has 2 N–H and O–H groups in total. The van der Waals surface area contributed by atoms with Gasteiger partial charge in [-0.1, -0.05) is 30.3 Å². The highest BCUT2D eigenvalue weighted by Crippen LogP contribution is 2.26. The average Bonchev–Trinajstić information content (AvgIpc) is 3.30. The number of halogens is 1. The number of aromatic nitrogens is 1. The van der Waals surface area contributed by atoms with Gasteiger partial charge in [0.15, 0.2) is 0 Å². The maximum absolute atomic E-state index is 13.2. The van der Waals surface area contributed by atoms with Crippen molar-refractivity contribution < 1.29 is 14.0 Å². The molecule has 1 aromatic heterocycles. The Kier molecular flexibility index (Phi) is 6.40. The van der Waals surface area contributed by atoms with Crippen LogP contribution in [-0.4, -0.2) is 43.0 Å². The van der Waals surface area contributed by atoms with Crippen LogP contribution in [0.4, 0.5) is 10.2 Å². The summed E-state index contributed by atoms with van der Waals surface area (Å²) in [6, 6.07) is 15.6. The lowest BCUT2D eigenvalue weighted by molar-refractivity contribution is -0.120. The Morgan fingerprint density at radius 1 is 0.968 bits per heavy atom. The normalized spacial score (nSPS) is 13.4. The number of rotatable bonds is 7. The molecule has 1 saturated heterocycles. The molecule has 0 radical (unpaired) electrons. The molecule has 31 heavy (non-hydrogen) atoms. The molecular weight excluding hydrogens is 395 g/mol. The van der Waals surface area contributed by atoms with Crippen LogP contribution in [-0.2, 0) is 11.2 Å². The van der Waals surface area contributed by atoms with Crippen molar-refractivity contribution in [3.05, 3.63) is 71.5 Å². The molecule has 0 saturated carbocycles. The van der Waals surface area contributed by atoms with Crippen LogP contribution < -0.4 is 15.5 Å². The van der Waals surface area contributed by atoms with E-state index in [0.717, 1.165) is 36.8 Å². The van der Waals surface area contributed by atoms with Crippen molar-refractivity contribution in [3.8, 4) is 0 Å². The first-order valence-electron chi connectivity index (χ1n) is 10.5. The fourth-order valence-electron chi connectivity index (χ4n) is 3.81. The molecule has 7 heteroatoms. The van der Waals surface area contributed by atoms with Crippen molar-refractivity contribution >= 4 is 28.5 Å². The fraction of sp³-hybridized carbons (Fsp3) is 0.292. The number of nitrogens with zero attached hydrogens (tertiary/aromatic N) is 2. The smallest absolute Gasteiger partial charge is 0.255 e. The van der Waals surface area contributed by atoms with Crippen LogP contribution in [0.2, 0.25) is 0 Å². The van der Waals surface area contributed by atoms with E-state index in [-0.39, 0.29) is 24.1 Å². The molecule has 4 rings (SSSR count). The molecule has 1 aliphatic rings. The van der Waals surface area contributed by atoms with Gasteiger partial charge < -0.3 is 15.5 Å². The second kappa shape index (κ2) is 9.55. The van der Waals surface area contributed by atoms with Crippen molar-refractivity contribution in [2.45, 2.75) is 19.3 Å². The third-order valence-electron chi connectivity index (χ3n) is 5.34. The highest BCUT2D eigenvalue weighted by molar-refractivity contribution is 6.02. The van der Waals surface area contributed by atoms with Crippen molar-refractivity contribution in [2.75, 3.05) is 31.1 Å². The highest BCUT2D eigenvalue weighted by Gasteiger charge is 2.21. The Morgan fingerprint density at radius 3 is 2.55 bits per heavy atom. The molecule has 2 amide bonds. The molecule has 1 aliphatic heterocycles. The van der Waals surface area contributed by atoms with Gasteiger partial charge in [-0.3, -0.25) is 9.59 Å². The van der Waals surface area contributed by atoms with Crippen LogP contribution >= 0.6 is 0 Å². The highest BCUT2D eigenvalue weighted by atomic mass is 19.1. The van der Waals surface area contributed by atoms with Gasteiger partial charge in [-0.05, 0) is 42.7 Å². The van der Waals surface area contributed by atoms with E-state index in [0.29, 0.717) is 30.0 Å². The van der Waals surface area contributed by atoms with Crippen molar-refractivity contribution in [3.63, 3.8) is 0 Å². The predicted molar refractivity (Wildman–Crippen MR) is 119 cm³/mol. The van der Waals surface area contributed by atoms with Crippen LogP contribution in [0.1, 0.15) is 28.8 Å². The number of amides is 2. The van der Waals surface area contributed by atoms with E-state index < -0.39 is 0 Å². The minimum Gasteiger partial charge on any atom is -0.356 e. The number of para-hydroxylation sites is 1. The monoisotopic (exact) mass is 420 g/mol. The molecule has 0 spiro atoms. The summed E-state index contributed by atoms with van der Waals surface area (Å²) in [5, 5.41) is 6.55. The number of benzene rings is 2. The Balaban J connectivity index is 1.36. The number of hydrogen-bond donors (Lipinski definition) is 2. The molecule has 0 aliphatic carbocycles. The van der Waals surface area contributed by atoms with E-state index in [1.165, 1.54) is 12.1 Å². The van der Waals surface area contributed by atoms with Crippen molar-refractivity contribution in [2.24, 2.45) is 0 Å². The van der Waals surface area contributed by atoms with Gasteiger partial charge in [0.2, 0.25) is 5.91 Å². The van der Waals surface area contributed by atoms with E-state index in [9.17, 15) is 14.0 Å². The Hall–Kier alpha value is -3.48. The molecule has 6 nitrogen and oxygen atoms in total. The Morgan fingerprint density at radius 2 is 1.74 bits per heavy atom. The van der Waals surface area contributed by atoms with Gasteiger partial charge in [0, 0.05) is 31.6 Å². The van der Waals surface area contributed by atoms with E-state index >= 15 is 0 Å². The fourth-order valence-corrected chi connectivity index (χ4v) is 3.81. The number of anilines is 1. The van der Waals surface area contributed by atoms with Crippen molar-refractivity contribution in [1.29, 1.82) is 0 Å². The van der Waals surface area contributed by atoms with E-state index in [2.05, 4.69) is 15.5 Å². The molecule has 1 fully saturated rings. The number of pyridine rings is 1. The molecular formula is C24H25FN4O2. The molecule has 160 valence electrons. The summed E-state index contributed by atoms with van der Waals surface area (Å²) in [5.74, 6) is -0.0799. The summed E-state index contributed by atoms with van der Waals surface area (Å²) < 4.78 is 13.2. The maximum atomic E-state index is 13.2. The van der Waals surface area contributed by atoms with Gasteiger partial charge in [0.05, 0.1) is 17.5 Å². The number of carbonyl (C=O) groups is 2. The minimum absolute atomic E-state index is 0.0966. The van der Waals surface area contributed by atoms with Crippen LogP contribution in [0, 0.1) is 5.82 Å². The quantitative estimate of drug-likeness (QED) is 0.576. The molecule has 2 aromatic carbocycles. The summed E-state index contributed by atoms with van der Waals surface area (Å²) in [5.41, 5.74) is 2.02. The summed E-state index contributed by atoms with van der Waals surface area (Å²) >= 11 is 0. The second-order valence-electron chi connectivity index (χ2n) is 7.66. The van der Waals surface area contributed by atoms with Crippen LogP contribution in [0.5, 0.6) is 0 Å². The molecule has 0 unspecified atom stereocenters. The zero-order chi connectivity index (χ0) is 21.6. The maximum Gasteiger partial charge on any atom is 0.255 e. The molecule has 0 atom stereocenters. The largest absolute Gasteiger partial charge is 0.356 e. The predicted octanol–water partition coefficient (Wildman–Crippen LogP) is 3.06. The molecule has 0 bridgehead atoms. The van der Waals surface area contributed by atoms with Crippen LogP contribution in [0.25, 0.3) is 10.9 Å². The molecule has 3 aromatic rings. The third-order valence-corrected chi connectivity index (χ3v) is 5.34. The average molecular weight is 420 g/mol. The van der Waals surface area contributed by atoms with Crippen LogP contribution in [0.3, 0.4) is 0 Å². The second-order valence-corrected chi connectivity index (χ2v) is 7.66. The summed E-state index contributed by atoms with van der Waals surface area (Å²) in [6.07, 6.45) is 2.28. The summed E-state index contributed by atoms with van der Waals surface area (Å²) in [7, 11) is 0. The number of nitrogens with one attached hydrogen (secondary N) is 2. The zero-order valence-electron chi connectivity index (χ0n) is 17.2. The first kappa shape index (κ1) is 20.8. The van der Waals surface area contributed by atoms with E-state index in [1.807, 2.05) is 30.3 Å². The lowest BCUT2D eigenvalue weighted by atomic mass is 10.1. The third kappa shape index (κ3) is 5.17. The van der Waals surface area contributed by atoms with Gasteiger partial charge in [-0.2, -0.15) is 0 Å². The van der Waals surface area contributed by atoms with Gasteiger partial charge >= 0.3 is 0 Å². The molecule has 2 heterocycles.